The largest absolute Gasteiger partial charge is 0.481 e. The first kappa shape index (κ1) is 17.2. The van der Waals surface area contributed by atoms with Crippen LogP contribution in [0.15, 0.2) is 30.5 Å². The number of fused-ring (bicyclic) bond motifs is 1. The van der Waals surface area contributed by atoms with Gasteiger partial charge in [0.25, 0.3) is 0 Å². The number of carbonyl (C=O) groups excluding carboxylic acids is 1. The number of aliphatic carboxylic acids is 1. The molecular formula is C17H23N3O3. The first-order chi connectivity index (χ1) is 11.0. The van der Waals surface area contributed by atoms with Crippen molar-refractivity contribution < 1.29 is 14.7 Å². The number of para-hydroxylation sites is 1. The number of nitrogens with one attached hydrogen (secondary N) is 1. The Hall–Kier alpha value is -2.18. The fourth-order valence-corrected chi connectivity index (χ4v) is 2.72. The van der Waals surface area contributed by atoms with Gasteiger partial charge in [-0.3, -0.25) is 9.59 Å². The second-order valence-corrected chi connectivity index (χ2v) is 5.81. The lowest BCUT2D eigenvalue weighted by Gasteiger charge is -2.15. The minimum Gasteiger partial charge on any atom is -0.481 e. The van der Waals surface area contributed by atoms with Crippen molar-refractivity contribution in [3.8, 4) is 0 Å². The monoisotopic (exact) mass is 317 g/mol. The van der Waals surface area contributed by atoms with E-state index in [0.29, 0.717) is 25.8 Å². The number of H-pyrrole nitrogens is 1. The summed E-state index contributed by atoms with van der Waals surface area (Å²) in [6.07, 6.45) is 3.19. The van der Waals surface area contributed by atoms with E-state index in [4.69, 9.17) is 11.5 Å². The standard InChI is InChI=1S/C17H23N3O3/c18-7-3-4-11(17(22)23)9-16(21)14(19)8-12-10-20-15-6-2-1-5-13(12)15/h1-2,5-6,10-11,14,20H,3-4,7-9,18-19H2,(H,22,23)/t11-,14-/m0/s1. The maximum Gasteiger partial charge on any atom is 0.306 e. The van der Waals surface area contributed by atoms with Crippen LogP contribution in [0, 0.1) is 5.92 Å². The van der Waals surface area contributed by atoms with Crippen molar-refractivity contribution in [2.45, 2.75) is 31.7 Å². The van der Waals surface area contributed by atoms with E-state index < -0.39 is 17.9 Å². The molecule has 6 nitrogen and oxygen atoms in total. The van der Waals surface area contributed by atoms with Crippen LogP contribution in [0.2, 0.25) is 0 Å². The SMILES string of the molecule is NCCC[C@@H](CC(=O)[C@@H](N)Cc1c[nH]c2ccccc12)C(=O)O. The molecule has 0 bridgehead atoms. The van der Waals surface area contributed by atoms with E-state index in [9.17, 15) is 14.7 Å². The number of rotatable bonds is 9. The van der Waals surface area contributed by atoms with E-state index in [1.807, 2.05) is 30.5 Å². The Bertz CT molecular complexity index is 681. The molecule has 2 aromatic rings. The Kier molecular flexibility index (Phi) is 5.90. The predicted molar refractivity (Wildman–Crippen MR) is 89.0 cm³/mol. The molecule has 0 amide bonds. The van der Waals surface area contributed by atoms with Gasteiger partial charge in [-0.05, 0) is 37.4 Å². The van der Waals surface area contributed by atoms with Gasteiger partial charge >= 0.3 is 5.97 Å². The maximum atomic E-state index is 12.3. The third kappa shape index (κ3) is 4.40. The van der Waals surface area contributed by atoms with Crippen LogP contribution in [0.4, 0.5) is 0 Å². The summed E-state index contributed by atoms with van der Waals surface area (Å²) in [5.74, 6) is -1.90. The number of carboxylic acid groups (broad SMARTS) is 1. The first-order valence-electron chi connectivity index (χ1n) is 7.79. The molecule has 0 aliphatic carbocycles. The quantitative estimate of drug-likeness (QED) is 0.557. The van der Waals surface area contributed by atoms with Crippen molar-refractivity contribution in [2.24, 2.45) is 17.4 Å². The molecule has 1 aromatic heterocycles. The maximum absolute atomic E-state index is 12.3. The number of carboxylic acids is 1. The normalized spacial score (nSPS) is 13.8. The molecule has 6 N–H and O–H groups in total. The van der Waals surface area contributed by atoms with Gasteiger partial charge in [0.1, 0.15) is 0 Å². The Morgan fingerprint density at radius 3 is 2.70 bits per heavy atom. The van der Waals surface area contributed by atoms with E-state index in [1.54, 1.807) is 0 Å². The number of nitrogens with two attached hydrogens (primary N) is 2. The van der Waals surface area contributed by atoms with Crippen molar-refractivity contribution in [3.63, 3.8) is 0 Å². The summed E-state index contributed by atoms with van der Waals surface area (Å²) in [4.78, 5) is 26.6. The van der Waals surface area contributed by atoms with Gasteiger partial charge in [0.05, 0.1) is 12.0 Å². The third-order valence-electron chi connectivity index (χ3n) is 4.08. The van der Waals surface area contributed by atoms with Gasteiger partial charge in [-0.25, -0.2) is 0 Å². The Morgan fingerprint density at radius 1 is 1.26 bits per heavy atom. The van der Waals surface area contributed by atoms with E-state index in [2.05, 4.69) is 4.98 Å². The fraction of sp³-hybridized carbons (Fsp3) is 0.412. The lowest BCUT2D eigenvalue weighted by Crippen LogP contribution is -2.35. The number of aromatic amines is 1. The molecule has 0 unspecified atom stereocenters. The predicted octanol–water partition coefficient (Wildman–Crippen LogP) is 1.44. The number of hydrogen-bond donors (Lipinski definition) is 4. The van der Waals surface area contributed by atoms with Crippen LogP contribution in [0.5, 0.6) is 0 Å². The molecule has 2 atom stereocenters. The molecule has 0 saturated carbocycles. The van der Waals surface area contributed by atoms with Gasteiger partial charge in [-0.15, -0.1) is 0 Å². The van der Waals surface area contributed by atoms with Crippen molar-refractivity contribution >= 4 is 22.7 Å². The molecule has 124 valence electrons. The second kappa shape index (κ2) is 7.89. The summed E-state index contributed by atoms with van der Waals surface area (Å²) in [6, 6.07) is 7.09. The van der Waals surface area contributed by atoms with Gasteiger partial charge in [-0.1, -0.05) is 18.2 Å². The highest BCUT2D eigenvalue weighted by Crippen LogP contribution is 2.20. The minimum atomic E-state index is -0.967. The lowest BCUT2D eigenvalue weighted by molar-refractivity contribution is -0.144. The molecule has 1 heterocycles. The van der Waals surface area contributed by atoms with Crippen LogP contribution in [-0.4, -0.2) is 34.4 Å². The van der Waals surface area contributed by atoms with E-state index >= 15 is 0 Å². The van der Waals surface area contributed by atoms with Crippen LogP contribution in [-0.2, 0) is 16.0 Å². The number of ketones is 1. The lowest BCUT2D eigenvalue weighted by atomic mass is 9.92. The van der Waals surface area contributed by atoms with E-state index in [1.165, 1.54) is 0 Å². The van der Waals surface area contributed by atoms with Crippen LogP contribution in [0.3, 0.4) is 0 Å². The highest BCUT2D eigenvalue weighted by molar-refractivity contribution is 5.89. The molecule has 0 fully saturated rings. The molecule has 0 spiro atoms. The Balaban J connectivity index is 2.00. The highest BCUT2D eigenvalue weighted by Gasteiger charge is 2.24. The van der Waals surface area contributed by atoms with Gasteiger partial charge in [0.2, 0.25) is 0 Å². The van der Waals surface area contributed by atoms with Crippen LogP contribution in [0.25, 0.3) is 10.9 Å². The molecule has 0 aliphatic rings. The van der Waals surface area contributed by atoms with Gasteiger partial charge in [0, 0.05) is 23.5 Å². The van der Waals surface area contributed by atoms with Crippen molar-refractivity contribution in [1.29, 1.82) is 0 Å². The van der Waals surface area contributed by atoms with Crippen LogP contribution < -0.4 is 11.5 Å². The molecule has 0 aliphatic heterocycles. The smallest absolute Gasteiger partial charge is 0.306 e. The zero-order chi connectivity index (χ0) is 16.8. The molecule has 0 radical (unpaired) electrons. The van der Waals surface area contributed by atoms with E-state index in [0.717, 1.165) is 16.5 Å². The fourth-order valence-electron chi connectivity index (χ4n) is 2.72. The van der Waals surface area contributed by atoms with Gasteiger partial charge in [-0.2, -0.15) is 0 Å². The molecule has 23 heavy (non-hydrogen) atoms. The molecule has 1 aromatic carbocycles. The van der Waals surface area contributed by atoms with E-state index in [-0.39, 0.29) is 12.2 Å². The average Bonchev–Trinajstić information content (AvgIpc) is 2.94. The average molecular weight is 317 g/mol. The highest BCUT2D eigenvalue weighted by atomic mass is 16.4. The molecule has 0 saturated heterocycles. The van der Waals surface area contributed by atoms with Crippen LogP contribution >= 0.6 is 0 Å². The Morgan fingerprint density at radius 2 is 2.00 bits per heavy atom. The zero-order valence-electron chi connectivity index (χ0n) is 13.0. The van der Waals surface area contributed by atoms with Crippen LogP contribution in [0.1, 0.15) is 24.8 Å². The first-order valence-corrected chi connectivity index (χ1v) is 7.79. The number of aromatic nitrogens is 1. The summed E-state index contributed by atoms with van der Waals surface area (Å²) in [7, 11) is 0. The summed E-state index contributed by atoms with van der Waals surface area (Å²) in [5, 5.41) is 10.2. The summed E-state index contributed by atoms with van der Waals surface area (Å²) in [5.41, 5.74) is 13.4. The number of benzene rings is 1. The number of hydrogen-bond acceptors (Lipinski definition) is 4. The van der Waals surface area contributed by atoms with Gasteiger partial charge in [0.15, 0.2) is 5.78 Å². The van der Waals surface area contributed by atoms with Crippen molar-refractivity contribution in [2.75, 3.05) is 6.54 Å². The summed E-state index contributed by atoms with van der Waals surface area (Å²) in [6.45, 7) is 0.416. The topological polar surface area (TPSA) is 122 Å². The van der Waals surface area contributed by atoms with Crippen molar-refractivity contribution in [1.82, 2.24) is 4.98 Å². The number of carbonyl (C=O) groups is 2. The number of Topliss-reactive ketones (excluding diaryl/α,β-unsaturated/α-hetero) is 1. The molecular weight excluding hydrogens is 294 g/mol. The zero-order valence-corrected chi connectivity index (χ0v) is 13.0. The third-order valence-corrected chi connectivity index (χ3v) is 4.08. The Labute approximate surface area is 134 Å². The van der Waals surface area contributed by atoms with Gasteiger partial charge < -0.3 is 21.6 Å². The molecule has 2 rings (SSSR count). The molecule has 6 heteroatoms. The summed E-state index contributed by atoms with van der Waals surface area (Å²) >= 11 is 0. The minimum absolute atomic E-state index is 0.0428. The second-order valence-electron chi connectivity index (χ2n) is 5.81. The summed E-state index contributed by atoms with van der Waals surface area (Å²) < 4.78 is 0. The van der Waals surface area contributed by atoms with Crippen molar-refractivity contribution in [3.05, 3.63) is 36.0 Å².